The number of alkyl halides is 1. The van der Waals surface area contributed by atoms with Gasteiger partial charge in [0.1, 0.15) is 5.75 Å². The Hall–Kier alpha value is -2.05. The van der Waals surface area contributed by atoms with Gasteiger partial charge in [0.2, 0.25) is 5.91 Å². The second-order valence-corrected chi connectivity index (χ2v) is 6.93. The summed E-state index contributed by atoms with van der Waals surface area (Å²) < 4.78 is 5.48. The summed E-state index contributed by atoms with van der Waals surface area (Å²) in [6, 6.07) is 12.6. The third-order valence-electron chi connectivity index (χ3n) is 4.34. The third-order valence-corrected chi connectivity index (χ3v) is 5.05. The van der Waals surface area contributed by atoms with Crippen LogP contribution in [0.1, 0.15) is 22.7 Å². The molecular formula is C19H17BrClNO4. The van der Waals surface area contributed by atoms with Crippen LogP contribution >= 0.6 is 27.5 Å². The van der Waals surface area contributed by atoms with Gasteiger partial charge in [0, 0.05) is 17.1 Å². The molecule has 2 aromatic carbocycles. The van der Waals surface area contributed by atoms with Crippen LogP contribution in [0.4, 0.5) is 0 Å². The number of ether oxygens (including phenoxy) is 1. The fourth-order valence-electron chi connectivity index (χ4n) is 3.25. The molecule has 0 aromatic heterocycles. The number of hydrogen-bond acceptors (Lipinski definition) is 3. The standard InChI is InChI=1S/C19H17BrClNO4/c20-10-17(23)22-8-7-12-3-1-2-4-14(12)19(22)15-9-13(21)5-6-16(15)26-11-18(24)25/h1-6,9,19H,7-8,10-11H2,(H,24,25). The van der Waals surface area contributed by atoms with Gasteiger partial charge in [-0.1, -0.05) is 51.8 Å². The Kier molecular flexibility index (Phi) is 5.84. The number of hydrogen-bond donors (Lipinski definition) is 1. The van der Waals surface area contributed by atoms with Crippen molar-refractivity contribution in [1.29, 1.82) is 0 Å². The minimum Gasteiger partial charge on any atom is -0.482 e. The van der Waals surface area contributed by atoms with Crippen LogP contribution in [0.15, 0.2) is 42.5 Å². The summed E-state index contributed by atoms with van der Waals surface area (Å²) in [5.74, 6) is -0.706. The number of carbonyl (C=O) groups is 2. The molecule has 0 bridgehead atoms. The van der Waals surface area contributed by atoms with Crippen molar-refractivity contribution in [2.75, 3.05) is 18.5 Å². The lowest BCUT2D eigenvalue weighted by atomic mass is 9.87. The van der Waals surface area contributed by atoms with Crippen LogP contribution in [0.5, 0.6) is 5.75 Å². The molecule has 7 heteroatoms. The molecule has 3 rings (SSSR count). The molecule has 1 atom stereocenters. The average Bonchev–Trinajstić information content (AvgIpc) is 2.65. The summed E-state index contributed by atoms with van der Waals surface area (Å²) >= 11 is 9.45. The Labute approximate surface area is 164 Å². The predicted octanol–water partition coefficient (Wildman–Crippen LogP) is 3.67. The van der Waals surface area contributed by atoms with E-state index in [0.717, 1.165) is 17.5 Å². The molecule has 5 nitrogen and oxygen atoms in total. The van der Waals surface area contributed by atoms with Gasteiger partial charge in [-0.15, -0.1) is 0 Å². The third kappa shape index (κ3) is 3.86. The molecule has 136 valence electrons. The van der Waals surface area contributed by atoms with Crippen LogP contribution < -0.4 is 4.74 Å². The molecule has 2 aromatic rings. The highest BCUT2D eigenvalue weighted by molar-refractivity contribution is 9.09. The quantitative estimate of drug-likeness (QED) is 0.723. The van der Waals surface area contributed by atoms with Crippen molar-refractivity contribution in [2.24, 2.45) is 0 Å². The maximum atomic E-state index is 12.5. The summed E-state index contributed by atoms with van der Waals surface area (Å²) in [5.41, 5.74) is 2.83. The van der Waals surface area contributed by atoms with Gasteiger partial charge in [0.15, 0.2) is 6.61 Å². The zero-order valence-electron chi connectivity index (χ0n) is 13.8. The van der Waals surface area contributed by atoms with Crippen LogP contribution in [-0.4, -0.2) is 40.4 Å². The van der Waals surface area contributed by atoms with Crippen LogP contribution in [-0.2, 0) is 16.0 Å². The first-order chi connectivity index (χ1) is 12.5. The topological polar surface area (TPSA) is 66.8 Å². The summed E-state index contributed by atoms with van der Waals surface area (Å²) in [7, 11) is 0. The fourth-order valence-corrected chi connectivity index (χ4v) is 3.75. The number of aliphatic carboxylic acids is 1. The normalized spacial score (nSPS) is 16.1. The van der Waals surface area contributed by atoms with E-state index in [0.29, 0.717) is 22.9 Å². The molecule has 1 aliphatic rings. The highest BCUT2D eigenvalue weighted by Gasteiger charge is 2.33. The minimum absolute atomic E-state index is 0.0475. The monoisotopic (exact) mass is 437 g/mol. The summed E-state index contributed by atoms with van der Waals surface area (Å²) in [6.07, 6.45) is 0.761. The lowest BCUT2D eigenvalue weighted by Gasteiger charge is -2.38. The molecule has 1 aliphatic heterocycles. The molecular weight excluding hydrogens is 422 g/mol. The Bertz CT molecular complexity index is 842. The van der Waals surface area contributed by atoms with Gasteiger partial charge in [-0.2, -0.15) is 0 Å². The van der Waals surface area contributed by atoms with Crippen molar-refractivity contribution < 1.29 is 19.4 Å². The van der Waals surface area contributed by atoms with Crippen LogP contribution in [0, 0.1) is 0 Å². The van der Waals surface area contributed by atoms with Gasteiger partial charge >= 0.3 is 5.97 Å². The number of carboxylic acids is 1. The summed E-state index contributed by atoms with van der Waals surface area (Å²) in [6.45, 7) is 0.104. The van der Waals surface area contributed by atoms with Crippen molar-refractivity contribution in [3.8, 4) is 5.75 Å². The molecule has 1 N–H and O–H groups in total. The van der Waals surface area contributed by atoms with Crippen molar-refractivity contribution in [1.82, 2.24) is 4.90 Å². The van der Waals surface area contributed by atoms with Crippen molar-refractivity contribution in [3.05, 3.63) is 64.2 Å². The van der Waals surface area contributed by atoms with Crippen molar-refractivity contribution in [3.63, 3.8) is 0 Å². The van der Waals surface area contributed by atoms with Crippen LogP contribution in [0.2, 0.25) is 5.02 Å². The second kappa shape index (κ2) is 8.10. The predicted molar refractivity (Wildman–Crippen MR) is 102 cm³/mol. The number of carboxylic acid groups (broad SMARTS) is 1. The van der Waals surface area contributed by atoms with E-state index in [2.05, 4.69) is 15.9 Å². The summed E-state index contributed by atoms with van der Waals surface area (Å²) in [5, 5.41) is 9.65. The first-order valence-electron chi connectivity index (χ1n) is 8.08. The maximum Gasteiger partial charge on any atom is 0.341 e. The molecule has 1 heterocycles. The number of fused-ring (bicyclic) bond motifs is 1. The average molecular weight is 439 g/mol. The van der Waals surface area contributed by atoms with Crippen molar-refractivity contribution in [2.45, 2.75) is 12.5 Å². The molecule has 0 spiro atoms. The number of amides is 1. The van der Waals surface area contributed by atoms with Crippen molar-refractivity contribution >= 4 is 39.4 Å². The zero-order valence-corrected chi connectivity index (χ0v) is 16.2. The lowest BCUT2D eigenvalue weighted by molar-refractivity contribution is -0.139. The molecule has 1 unspecified atom stereocenters. The Balaban J connectivity index is 2.12. The van der Waals surface area contributed by atoms with E-state index in [-0.39, 0.29) is 17.3 Å². The Morgan fingerprint density at radius 1 is 1.23 bits per heavy atom. The molecule has 0 fully saturated rings. The largest absolute Gasteiger partial charge is 0.482 e. The number of carbonyl (C=O) groups excluding carboxylic acids is 1. The van der Waals surface area contributed by atoms with E-state index in [1.807, 2.05) is 24.3 Å². The molecule has 26 heavy (non-hydrogen) atoms. The Morgan fingerprint density at radius 2 is 2.00 bits per heavy atom. The van der Waals surface area contributed by atoms with E-state index in [9.17, 15) is 9.59 Å². The summed E-state index contributed by atoms with van der Waals surface area (Å²) in [4.78, 5) is 25.2. The number of benzene rings is 2. The maximum absolute atomic E-state index is 12.5. The molecule has 0 radical (unpaired) electrons. The van der Waals surface area contributed by atoms with Gasteiger partial charge in [0.05, 0.1) is 11.4 Å². The minimum atomic E-state index is -1.07. The molecule has 0 saturated carbocycles. The first kappa shape index (κ1) is 18.7. The fraction of sp³-hybridized carbons (Fsp3) is 0.263. The van der Waals surface area contributed by atoms with Gasteiger partial charge in [-0.05, 0) is 35.7 Å². The molecule has 0 aliphatic carbocycles. The lowest BCUT2D eigenvalue weighted by Crippen LogP contribution is -2.41. The number of halogens is 2. The first-order valence-corrected chi connectivity index (χ1v) is 9.58. The SMILES string of the molecule is O=C(O)COc1ccc(Cl)cc1C1c2ccccc2CCN1C(=O)CBr. The Morgan fingerprint density at radius 3 is 2.73 bits per heavy atom. The smallest absolute Gasteiger partial charge is 0.341 e. The number of nitrogens with zero attached hydrogens (tertiary/aromatic N) is 1. The van der Waals surface area contributed by atoms with Crippen LogP contribution in [0.3, 0.4) is 0 Å². The second-order valence-electron chi connectivity index (χ2n) is 5.94. The van der Waals surface area contributed by atoms with Gasteiger partial charge < -0.3 is 14.7 Å². The van der Waals surface area contributed by atoms with E-state index < -0.39 is 12.6 Å². The van der Waals surface area contributed by atoms with Crippen LogP contribution in [0.25, 0.3) is 0 Å². The van der Waals surface area contributed by atoms with Gasteiger partial charge in [-0.3, -0.25) is 4.79 Å². The molecule has 1 amide bonds. The van der Waals surface area contributed by atoms with E-state index in [4.69, 9.17) is 21.4 Å². The van der Waals surface area contributed by atoms with E-state index in [1.165, 1.54) is 0 Å². The molecule has 0 saturated heterocycles. The van der Waals surface area contributed by atoms with Gasteiger partial charge in [-0.25, -0.2) is 4.79 Å². The number of rotatable bonds is 5. The van der Waals surface area contributed by atoms with E-state index in [1.54, 1.807) is 23.1 Å². The van der Waals surface area contributed by atoms with E-state index >= 15 is 0 Å². The zero-order chi connectivity index (χ0) is 18.7. The van der Waals surface area contributed by atoms with Gasteiger partial charge in [0.25, 0.3) is 0 Å². The highest BCUT2D eigenvalue weighted by atomic mass is 79.9. The highest BCUT2D eigenvalue weighted by Crippen LogP contribution is 2.40.